The van der Waals surface area contributed by atoms with E-state index in [1.54, 1.807) is 0 Å². The van der Waals surface area contributed by atoms with Crippen LogP contribution < -0.4 is 0 Å². The molecule has 0 spiro atoms. The van der Waals surface area contributed by atoms with Crippen LogP contribution in [0.4, 0.5) is 0 Å². The van der Waals surface area contributed by atoms with Crippen molar-refractivity contribution in [2.75, 3.05) is 0 Å². The van der Waals surface area contributed by atoms with Crippen molar-refractivity contribution in [2.24, 2.45) is 5.92 Å². The Morgan fingerprint density at radius 2 is 2.05 bits per heavy atom. The molecule has 1 aliphatic rings. The van der Waals surface area contributed by atoms with E-state index in [1.165, 1.54) is 25.7 Å². The van der Waals surface area contributed by atoms with Crippen LogP contribution in [-0.4, -0.2) is 15.6 Å². The number of para-hydroxylation sites is 1. The van der Waals surface area contributed by atoms with Gasteiger partial charge in [-0.3, -0.25) is 4.79 Å². The molecule has 3 heteroatoms. The molecule has 1 saturated carbocycles. The first-order chi connectivity index (χ1) is 9.24. The lowest BCUT2D eigenvalue weighted by Crippen LogP contribution is -2.08. The van der Waals surface area contributed by atoms with Crippen molar-refractivity contribution in [3.8, 4) is 0 Å². The van der Waals surface area contributed by atoms with Crippen molar-refractivity contribution in [1.29, 1.82) is 0 Å². The number of carboxylic acid groups (broad SMARTS) is 1. The maximum absolute atomic E-state index is 11.0. The van der Waals surface area contributed by atoms with Crippen LogP contribution in [0.25, 0.3) is 10.9 Å². The van der Waals surface area contributed by atoms with Gasteiger partial charge in [0.05, 0.1) is 11.9 Å². The van der Waals surface area contributed by atoms with Crippen molar-refractivity contribution in [2.45, 2.75) is 38.6 Å². The first-order valence-electron chi connectivity index (χ1n) is 7.02. The summed E-state index contributed by atoms with van der Waals surface area (Å²) < 4.78 is 2.25. The SMILES string of the molecule is O=C(O)Cc1cccc2ccn(CC3CCCC3)c12. The Balaban J connectivity index is 1.96. The number of hydrogen-bond donors (Lipinski definition) is 1. The van der Waals surface area contributed by atoms with Crippen LogP contribution in [0.5, 0.6) is 0 Å². The maximum atomic E-state index is 11.0. The van der Waals surface area contributed by atoms with E-state index in [1.807, 2.05) is 12.1 Å². The first kappa shape index (κ1) is 12.3. The zero-order valence-electron chi connectivity index (χ0n) is 11.0. The molecular weight excluding hydrogens is 238 g/mol. The topological polar surface area (TPSA) is 42.2 Å². The molecule has 1 aromatic carbocycles. The molecule has 0 radical (unpaired) electrons. The van der Waals surface area contributed by atoms with E-state index in [0.717, 1.165) is 28.9 Å². The number of rotatable bonds is 4. The third-order valence-electron chi connectivity index (χ3n) is 4.14. The summed E-state index contributed by atoms with van der Waals surface area (Å²) in [5.74, 6) is -0.00500. The van der Waals surface area contributed by atoms with E-state index in [-0.39, 0.29) is 6.42 Å². The van der Waals surface area contributed by atoms with E-state index in [4.69, 9.17) is 5.11 Å². The highest BCUT2D eigenvalue weighted by atomic mass is 16.4. The molecule has 1 aromatic heterocycles. The lowest BCUT2D eigenvalue weighted by Gasteiger charge is -2.13. The fourth-order valence-corrected chi connectivity index (χ4v) is 3.27. The summed E-state index contributed by atoms with van der Waals surface area (Å²) in [5, 5.41) is 10.2. The van der Waals surface area contributed by atoms with Gasteiger partial charge in [0.25, 0.3) is 0 Å². The van der Waals surface area contributed by atoms with Gasteiger partial charge < -0.3 is 9.67 Å². The second kappa shape index (κ2) is 5.08. The molecule has 0 bridgehead atoms. The van der Waals surface area contributed by atoms with Gasteiger partial charge in [-0.15, -0.1) is 0 Å². The highest BCUT2D eigenvalue weighted by Crippen LogP contribution is 2.29. The minimum Gasteiger partial charge on any atom is -0.481 e. The Labute approximate surface area is 112 Å². The Hall–Kier alpha value is -1.77. The maximum Gasteiger partial charge on any atom is 0.307 e. The minimum absolute atomic E-state index is 0.103. The summed E-state index contributed by atoms with van der Waals surface area (Å²) in [4.78, 5) is 11.0. The summed E-state index contributed by atoms with van der Waals surface area (Å²) in [6.45, 7) is 1.03. The molecule has 1 aliphatic carbocycles. The van der Waals surface area contributed by atoms with Crippen molar-refractivity contribution in [3.05, 3.63) is 36.0 Å². The molecule has 0 saturated heterocycles. The van der Waals surface area contributed by atoms with Gasteiger partial charge >= 0.3 is 5.97 Å². The zero-order chi connectivity index (χ0) is 13.2. The summed E-state index contributed by atoms with van der Waals surface area (Å²) in [7, 11) is 0. The number of carbonyl (C=O) groups is 1. The lowest BCUT2D eigenvalue weighted by atomic mass is 10.1. The highest BCUT2D eigenvalue weighted by molar-refractivity contribution is 5.86. The van der Waals surface area contributed by atoms with Gasteiger partial charge in [0.15, 0.2) is 0 Å². The van der Waals surface area contributed by atoms with Crippen LogP contribution in [0, 0.1) is 5.92 Å². The van der Waals surface area contributed by atoms with Crippen molar-refractivity contribution in [1.82, 2.24) is 4.57 Å². The molecule has 0 aliphatic heterocycles. The van der Waals surface area contributed by atoms with Gasteiger partial charge in [-0.1, -0.05) is 31.0 Å². The van der Waals surface area contributed by atoms with Gasteiger partial charge in [-0.2, -0.15) is 0 Å². The molecule has 1 heterocycles. The molecule has 3 rings (SSSR count). The van der Waals surface area contributed by atoms with Crippen LogP contribution in [0.15, 0.2) is 30.5 Å². The molecular formula is C16H19NO2. The first-order valence-corrected chi connectivity index (χ1v) is 7.02. The van der Waals surface area contributed by atoms with E-state index in [2.05, 4.69) is 22.9 Å². The summed E-state index contributed by atoms with van der Waals surface area (Å²) in [6.07, 6.45) is 7.50. The molecule has 0 unspecified atom stereocenters. The predicted octanol–water partition coefficient (Wildman–Crippen LogP) is 3.46. The van der Waals surface area contributed by atoms with Gasteiger partial charge in [-0.25, -0.2) is 0 Å². The lowest BCUT2D eigenvalue weighted by molar-refractivity contribution is -0.136. The molecule has 2 aromatic rings. The van der Waals surface area contributed by atoms with E-state index >= 15 is 0 Å². The zero-order valence-corrected chi connectivity index (χ0v) is 11.0. The van der Waals surface area contributed by atoms with Crippen LogP contribution in [0.1, 0.15) is 31.2 Å². The quantitative estimate of drug-likeness (QED) is 0.911. The largest absolute Gasteiger partial charge is 0.481 e. The van der Waals surface area contributed by atoms with Crippen LogP contribution in [0.2, 0.25) is 0 Å². The smallest absolute Gasteiger partial charge is 0.307 e. The summed E-state index contributed by atoms with van der Waals surface area (Å²) in [6, 6.07) is 8.03. The second-order valence-corrected chi connectivity index (χ2v) is 5.54. The predicted molar refractivity (Wildman–Crippen MR) is 75.2 cm³/mol. The fraction of sp³-hybridized carbons (Fsp3) is 0.438. The molecule has 100 valence electrons. The average molecular weight is 257 g/mol. The normalized spacial score (nSPS) is 16.2. The van der Waals surface area contributed by atoms with Crippen LogP contribution >= 0.6 is 0 Å². The number of hydrogen-bond acceptors (Lipinski definition) is 1. The van der Waals surface area contributed by atoms with Crippen molar-refractivity contribution in [3.63, 3.8) is 0 Å². The van der Waals surface area contributed by atoms with Gasteiger partial charge in [0.2, 0.25) is 0 Å². The molecule has 0 amide bonds. The number of fused-ring (bicyclic) bond motifs is 1. The third kappa shape index (κ3) is 2.50. The highest BCUT2D eigenvalue weighted by Gasteiger charge is 2.17. The number of aromatic nitrogens is 1. The summed E-state index contributed by atoms with van der Waals surface area (Å²) in [5.41, 5.74) is 2.03. The Morgan fingerprint density at radius 3 is 2.79 bits per heavy atom. The minimum atomic E-state index is -0.763. The molecule has 0 atom stereocenters. The molecule has 1 N–H and O–H groups in total. The standard InChI is InChI=1S/C16H19NO2/c18-15(19)10-14-7-3-6-13-8-9-17(16(13)14)11-12-4-1-2-5-12/h3,6-9,12H,1-2,4-5,10-11H2,(H,18,19). The van der Waals surface area contributed by atoms with Gasteiger partial charge in [-0.05, 0) is 35.8 Å². The van der Waals surface area contributed by atoms with Gasteiger partial charge in [0.1, 0.15) is 0 Å². The number of benzene rings is 1. The fourth-order valence-electron chi connectivity index (χ4n) is 3.27. The summed E-state index contributed by atoms with van der Waals surface area (Å²) >= 11 is 0. The Morgan fingerprint density at radius 1 is 1.26 bits per heavy atom. The molecule has 1 fully saturated rings. The van der Waals surface area contributed by atoms with Crippen molar-refractivity contribution >= 4 is 16.9 Å². The van der Waals surface area contributed by atoms with Gasteiger partial charge in [0, 0.05) is 12.7 Å². The number of carboxylic acids is 1. The second-order valence-electron chi connectivity index (χ2n) is 5.54. The Kier molecular flexibility index (Phi) is 3.28. The molecule has 3 nitrogen and oxygen atoms in total. The monoisotopic (exact) mass is 257 g/mol. The molecule has 19 heavy (non-hydrogen) atoms. The van der Waals surface area contributed by atoms with Crippen LogP contribution in [0.3, 0.4) is 0 Å². The van der Waals surface area contributed by atoms with E-state index < -0.39 is 5.97 Å². The number of aliphatic carboxylic acids is 1. The third-order valence-corrected chi connectivity index (χ3v) is 4.14. The number of nitrogens with zero attached hydrogens (tertiary/aromatic N) is 1. The van der Waals surface area contributed by atoms with E-state index in [0.29, 0.717) is 0 Å². The van der Waals surface area contributed by atoms with E-state index in [9.17, 15) is 4.79 Å². The van der Waals surface area contributed by atoms with Crippen molar-refractivity contribution < 1.29 is 9.90 Å². The average Bonchev–Trinajstić information content (AvgIpc) is 3.00. The van der Waals surface area contributed by atoms with Crippen LogP contribution in [-0.2, 0) is 17.8 Å². The Bertz CT molecular complexity index is 594.